The van der Waals surface area contributed by atoms with Crippen LogP contribution in [0.5, 0.6) is 0 Å². The smallest absolute Gasteiger partial charge is 0.429 e. The number of carbonyl (C=O) groups excluding carboxylic acids is 1. The Morgan fingerprint density at radius 3 is 2.75 bits per heavy atom. The van der Waals surface area contributed by atoms with Gasteiger partial charge >= 0.3 is 6.16 Å². The average Bonchev–Trinajstić information content (AvgIpc) is 3.41. The van der Waals surface area contributed by atoms with Gasteiger partial charge in [0, 0.05) is 5.25 Å². The summed E-state index contributed by atoms with van der Waals surface area (Å²) in [6.45, 7) is 4.46. The molecule has 2 fully saturated rings. The topological polar surface area (TPSA) is 109 Å². The first kappa shape index (κ1) is 23.5. The molecular weight excluding hydrogens is 463 g/mol. The van der Waals surface area contributed by atoms with Crippen molar-refractivity contribution in [3.8, 4) is 0 Å². The lowest BCUT2D eigenvalue weighted by molar-refractivity contribution is -0.0682. The van der Waals surface area contributed by atoms with E-state index in [2.05, 4.69) is 15.0 Å². The van der Waals surface area contributed by atoms with Crippen LogP contribution in [0.4, 0.5) is 9.18 Å². The number of carbonyl (C=O) groups is 1. The Balaban J connectivity index is 1.59. The van der Waals surface area contributed by atoms with Crippen LogP contribution in [0.15, 0.2) is 11.4 Å². The van der Waals surface area contributed by atoms with Crippen LogP contribution in [0.3, 0.4) is 0 Å². The van der Waals surface area contributed by atoms with Gasteiger partial charge in [-0.05, 0) is 45.2 Å². The molecule has 0 bridgehead atoms. The summed E-state index contributed by atoms with van der Waals surface area (Å²) < 4.78 is 32.8. The zero-order valence-corrected chi connectivity index (χ0v) is 19.6. The zero-order chi connectivity index (χ0) is 23.0. The maximum Gasteiger partial charge on any atom is 0.509 e. The minimum absolute atomic E-state index is 0.0217. The van der Waals surface area contributed by atoms with Crippen molar-refractivity contribution < 1.29 is 28.5 Å². The number of aromatic nitrogens is 4. The summed E-state index contributed by atoms with van der Waals surface area (Å²) in [7, 11) is 0. The van der Waals surface area contributed by atoms with Crippen molar-refractivity contribution in [1.29, 1.82) is 0 Å². The van der Waals surface area contributed by atoms with Gasteiger partial charge in [0.25, 0.3) is 0 Å². The van der Waals surface area contributed by atoms with Gasteiger partial charge in [-0.1, -0.05) is 12.8 Å². The van der Waals surface area contributed by atoms with Crippen molar-refractivity contribution >= 4 is 40.7 Å². The van der Waals surface area contributed by atoms with Crippen LogP contribution in [0.25, 0.3) is 11.2 Å². The average molecular weight is 489 g/mol. The van der Waals surface area contributed by atoms with Crippen molar-refractivity contribution in [3.05, 3.63) is 11.6 Å². The number of ether oxygens (including phenoxy) is 3. The summed E-state index contributed by atoms with van der Waals surface area (Å²) in [4.78, 5) is 25.0. The third kappa shape index (κ3) is 4.95. The van der Waals surface area contributed by atoms with Crippen LogP contribution in [0.2, 0.25) is 5.28 Å². The molecule has 0 amide bonds. The Morgan fingerprint density at radius 2 is 2.09 bits per heavy atom. The van der Waals surface area contributed by atoms with Crippen molar-refractivity contribution in [2.75, 3.05) is 6.61 Å². The lowest BCUT2D eigenvalue weighted by Gasteiger charge is -2.23. The van der Waals surface area contributed by atoms with E-state index in [0.29, 0.717) is 21.4 Å². The molecule has 12 heteroatoms. The summed E-state index contributed by atoms with van der Waals surface area (Å²) in [5.74, 6) is 0. The van der Waals surface area contributed by atoms with Crippen LogP contribution >= 0.6 is 23.4 Å². The van der Waals surface area contributed by atoms with E-state index < -0.39 is 43.0 Å². The predicted molar refractivity (Wildman–Crippen MR) is 115 cm³/mol. The molecule has 4 atom stereocenters. The number of thioether (sulfide) groups is 1. The zero-order valence-electron chi connectivity index (χ0n) is 18.0. The summed E-state index contributed by atoms with van der Waals surface area (Å²) >= 11 is 7.76. The first-order valence-electron chi connectivity index (χ1n) is 10.5. The molecule has 2 aliphatic rings. The fraction of sp³-hybridized carbons (Fsp3) is 0.700. The van der Waals surface area contributed by atoms with E-state index in [4.69, 9.17) is 25.8 Å². The van der Waals surface area contributed by atoms with Crippen LogP contribution in [0.1, 0.15) is 52.7 Å². The lowest BCUT2D eigenvalue weighted by Crippen LogP contribution is -2.37. The second-order valence-corrected chi connectivity index (χ2v) is 10.5. The van der Waals surface area contributed by atoms with Crippen LogP contribution in [-0.4, -0.2) is 66.6 Å². The van der Waals surface area contributed by atoms with Gasteiger partial charge < -0.3 is 19.3 Å². The number of fused-ring (bicyclic) bond motifs is 1. The molecule has 4 rings (SSSR count). The SMILES string of the molecule is CC(C)(C)OC(=O)O[C@H]1[C@H](F)[C@H](n2cnc3c(SC4CCCC4)nc(Cl)nc32)O[C@@H]1CO. The van der Waals surface area contributed by atoms with Crippen molar-refractivity contribution in [1.82, 2.24) is 19.5 Å². The molecule has 0 aromatic carbocycles. The predicted octanol–water partition coefficient (Wildman–Crippen LogP) is 4.06. The molecule has 1 aliphatic carbocycles. The number of imidazole rings is 1. The largest absolute Gasteiger partial charge is 0.509 e. The van der Waals surface area contributed by atoms with Crippen LogP contribution in [0, 0.1) is 0 Å². The fourth-order valence-electron chi connectivity index (χ4n) is 3.89. The van der Waals surface area contributed by atoms with E-state index in [9.17, 15) is 9.90 Å². The molecule has 1 saturated heterocycles. The summed E-state index contributed by atoms with van der Waals surface area (Å²) in [6, 6.07) is 0. The van der Waals surface area contributed by atoms with Gasteiger partial charge in [0.2, 0.25) is 5.28 Å². The minimum atomic E-state index is -1.79. The number of aliphatic hydroxyl groups is 1. The van der Waals surface area contributed by atoms with E-state index in [0.717, 1.165) is 12.8 Å². The highest BCUT2D eigenvalue weighted by atomic mass is 35.5. The third-order valence-electron chi connectivity index (χ3n) is 5.29. The highest BCUT2D eigenvalue weighted by Gasteiger charge is 2.49. The van der Waals surface area contributed by atoms with E-state index in [1.54, 1.807) is 32.5 Å². The first-order valence-corrected chi connectivity index (χ1v) is 11.8. The molecule has 1 N–H and O–H groups in total. The highest BCUT2D eigenvalue weighted by Crippen LogP contribution is 2.39. The number of aliphatic hydroxyl groups excluding tert-OH is 1. The van der Waals surface area contributed by atoms with Gasteiger partial charge in [0.1, 0.15) is 22.2 Å². The Labute approximate surface area is 194 Å². The minimum Gasteiger partial charge on any atom is -0.429 e. The molecule has 0 radical (unpaired) electrons. The molecule has 3 heterocycles. The summed E-state index contributed by atoms with van der Waals surface area (Å²) in [6.07, 6.45) is -0.559. The molecule has 9 nitrogen and oxygen atoms in total. The van der Waals surface area contributed by atoms with Crippen molar-refractivity contribution in [2.45, 2.75) is 86.9 Å². The Kier molecular flexibility index (Phi) is 6.81. The number of hydrogen-bond donors (Lipinski definition) is 1. The maximum atomic E-state index is 15.4. The number of alkyl halides is 1. The Morgan fingerprint density at radius 1 is 1.38 bits per heavy atom. The lowest BCUT2D eigenvalue weighted by atomic mass is 10.1. The normalized spacial score (nSPS) is 26.7. The maximum absolute atomic E-state index is 15.4. The van der Waals surface area contributed by atoms with Gasteiger partial charge in [-0.15, -0.1) is 11.8 Å². The quantitative estimate of drug-likeness (QED) is 0.378. The van der Waals surface area contributed by atoms with Crippen molar-refractivity contribution in [2.24, 2.45) is 0 Å². The van der Waals surface area contributed by atoms with E-state index in [1.807, 2.05) is 0 Å². The molecule has 0 spiro atoms. The summed E-state index contributed by atoms with van der Waals surface area (Å²) in [5, 5.41) is 10.8. The number of halogens is 2. The van der Waals surface area contributed by atoms with E-state index in [-0.39, 0.29) is 5.28 Å². The monoisotopic (exact) mass is 488 g/mol. The molecule has 1 aliphatic heterocycles. The second-order valence-electron chi connectivity index (χ2n) is 8.89. The van der Waals surface area contributed by atoms with Gasteiger partial charge in [0.15, 0.2) is 24.2 Å². The van der Waals surface area contributed by atoms with Gasteiger partial charge in [0.05, 0.1) is 12.9 Å². The molecule has 32 heavy (non-hydrogen) atoms. The molecule has 176 valence electrons. The highest BCUT2D eigenvalue weighted by molar-refractivity contribution is 8.00. The van der Waals surface area contributed by atoms with Crippen molar-refractivity contribution in [3.63, 3.8) is 0 Å². The Hall–Kier alpha value is -1.69. The molecular formula is C20H26ClFN4O5S. The van der Waals surface area contributed by atoms with Crippen LogP contribution < -0.4 is 0 Å². The molecule has 0 unspecified atom stereocenters. The van der Waals surface area contributed by atoms with Crippen LogP contribution in [-0.2, 0) is 14.2 Å². The molecule has 2 aromatic heterocycles. The van der Waals surface area contributed by atoms with Gasteiger partial charge in [-0.3, -0.25) is 4.57 Å². The first-order chi connectivity index (χ1) is 15.2. The third-order valence-corrected chi connectivity index (χ3v) is 6.77. The van der Waals surface area contributed by atoms with Gasteiger partial charge in [-0.25, -0.2) is 19.2 Å². The molecule has 1 saturated carbocycles. The second kappa shape index (κ2) is 9.28. The number of nitrogens with zero attached hydrogens (tertiary/aromatic N) is 4. The fourth-order valence-corrected chi connectivity index (χ4v) is 5.38. The number of hydrogen-bond acceptors (Lipinski definition) is 9. The Bertz CT molecular complexity index is 981. The van der Waals surface area contributed by atoms with Gasteiger partial charge in [-0.2, -0.15) is 4.98 Å². The van der Waals surface area contributed by atoms with E-state index >= 15 is 4.39 Å². The number of rotatable bonds is 5. The molecule has 2 aromatic rings. The standard InChI is InChI=1S/C20H26ClFN4O5S/c1-20(2,3)31-19(28)30-14-11(8-27)29-17(12(14)22)26-9-23-13-15(26)24-18(21)25-16(13)32-10-6-4-5-7-10/h9-12,14,17,27H,4-8H2,1-3H3/t11-,12+,14-,17-/m1/s1. The summed E-state index contributed by atoms with van der Waals surface area (Å²) in [5.41, 5.74) is 0.00449. The van der Waals surface area contributed by atoms with E-state index in [1.165, 1.54) is 23.7 Å².